The van der Waals surface area contributed by atoms with Gasteiger partial charge in [-0.2, -0.15) is 0 Å². The van der Waals surface area contributed by atoms with E-state index in [4.69, 9.17) is 0 Å². The average molecular weight is 250 g/mol. The van der Waals surface area contributed by atoms with E-state index in [0.717, 1.165) is 11.3 Å². The Labute approximate surface area is 108 Å². The first-order valence-electron chi connectivity index (χ1n) is 6.00. The Morgan fingerprint density at radius 1 is 1.11 bits per heavy atom. The van der Waals surface area contributed by atoms with E-state index in [-0.39, 0.29) is 6.03 Å². The third kappa shape index (κ3) is 3.74. The lowest BCUT2D eigenvalue weighted by Gasteiger charge is -2.37. The zero-order chi connectivity index (χ0) is 14.0. The molecule has 0 saturated heterocycles. The van der Waals surface area contributed by atoms with Gasteiger partial charge < -0.3 is 15.7 Å². The van der Waals surface area contributed by atoms with E-state index in [1.54, 1.807) is 27.7 Å². The third-order valence-electron chi connectivity index (χ3n) is 3.26. The smallest absolute Gasteiger partial charge is 0.319 e. The minimum absolute atomic E-state index is 0.328. The quantitative estimate of drug-likeness (QED) is 0.772. The molecule has 0 radical (unpaired) electrons. The second-order valence-corrected chi connectivity index (χ2v) is 5.63. The number of aliphatic hydroxyl groups is 1. The van der Waals surface area contributed by atoms with E-state index < -0.39 is 11.1 Å². The van der Waals surface area contributed by atoms with Crippen LogP contribution < -0.4 is 10.6 Å². The largest absolute Gasteiger partial charge is 0.388 e. The predicted molar refractivity (Wildman–Crippen MR) is 73.7 cm³/mol. The van der Waals surface area contributed by atoms with E-state index in [2.05, 4.69) is 10.6 Å². The van der Waals surface area contributed by atoms with Crippen molar-refractivity contribution < 1.29 is 9.90 Å². The van der Waals surface area contributed by atoms with Crippen molar-refractivity contribution in [2.45, 2.75) is 45.8 Å². The first-order valence-corrected chi connectivity index (χ1v) is 6.00. The Hall–Kier alpha value is -1.55. The normalized spacial score (nSPS) is 12.1. The summed E-state index contributed by atoms with van der Waals surface area (Å²) < 4.78 is 0. The minimum atomic E-state index is -1.00. The number of benzene rings is 1. The molecule has 0 aliphatic rings. The molecule has 1 aromatic carbocycles. The fourth-order valence-corrected chi connectivity index (χ4v) is 1.24. The third-order valence-corrected chi connectivity index (χ3v) is 3.26. The van der Waals surface area contributed by atoms with Gasteiger partial charge >= 0.3 is 6.03 Å². The van der Waals surface area contributed by atoms with Gasteiger partial charge in [-0.3, -0.25) is 0 Å². The zero-order valence-corrected chi connectivity index (χ0v) is 11.7. The van der Waals surface area contributed by atoms with Crippen LogP contribution in [0.25, 0.3) is 0 Å². The molecule has 0 unspecified atom stereocenters. The van der Waals surface area contributed by atoms with Crippen molar-refractivity contribution in [3.05, 3.63) is 29.8 Å². The fraction of sp³-hybridized carbons (Fsp3) is 0.500. The van der Waals surface area contributed by atoms with Crippen molar-refractivity contribution in [2.75, 3.05) is 5.32 Å². The molecule has 0 bridgehead atoms. The topological polar surface area (TPSA) is 61.4 Å². The number of anilines is 1. The van der Waals surface area contributed by atoms with Crippen molar-refractivity contribution in [3.8, 4) is 0 Å². The molecule has 4 nitrogen and oxygen atoms in total. The van der Waals surface area contributed by atoms with Crippen LogP contribution in [0.2, 0.25) is 0 Å². The van der Waals surface area contributed by atoms with Gasteiger partial charge in [-0.05, 0) is 46.8 Å². The average Bonchev–Trinajstić information content (AvgIpc) is 2.19. The van der Waals surface area contributed by atoms with E-state index >= 15 is 0 Å². The van der Waals surface area contributed by atoms with Gasteiger partial charge in [0.05, 0.1) is 11.1 Å². The SMILES string of the molecule is Cc1ccc(NC(=O)NC(C)(C)C(C)(C)O)cc1. The molecule has 2 amide bonds. The van der Waals surface area contributed by atoms with Gasteiger partial charge in [0.15, 0.2) is 0 Å². The molecule has 0 fully saturated rings. The molecule has 0 aliphatic heterocycles. The highest BCUT2D eigenvalue weighted by Crippen LogP contribution is 2.20. The molecule has 18 heavy (non-hydrogen) atoms. The lowest BCUT2D eigenvalue weighted by Crippen LogP contribution is -2.58. The summed E-state index contributed by atoms with van der Waals surface area (Å²) in [6, 6.07) is 7.21. The maximum absolute atomic E-state index is 11.8. The minimum Gasteiger partial charge on any atom is -0.388 e. The number of aryl methyl sites for hydroxylation is 1. The molecular weight excluding hydrogens is 228 g/mol. The van der Waals surface area contributed by atoms with Gasteiger partial charge in [0.25, 0.3) is 0 Å². The summed E-state index contributed by atoms with van der Waals surface area (Å²) >= 11 is 0. The number of urea groups is 1. The van der Waals surface area contributed by atoms with Gasteiger partial charge in [0.2, 0.25) is 0 Å². The molecule has 4 heteroatoms. The van der Waals surface area contributed by atoms with Crippen LogP contribution in [0.1, 0.15) is 33.3 Å². The lowest BCUT2D eigenvalue weighted by molar-refractivity contribution is 0.00185. The first-order chi connectivity index (χ1) is 8.12. The predicted octanol–water partition coefficient (Wildman–Crippen LogP) is 2.67. The van der Waals surface area contributed by atoms with Crippen LogP contribution in [0.4, 0.5) is 10.5 Å². The fourth-order valence-electron chi connectivity index (χ4n) is 1.24. The molecule has 0 aromatic heterocycles. The lowest BCUT2D eigenvalue weighted by atomic mass is 9.86. The van der Waals surface area contributed by atoms with Crippen LogP contribution in [0, 0.1) is 6.92 Å². The number of hydrogen-bond donors (Lipinski definition) is 3. The van der Waals surface area contributed by atoms with E-state index in [0.29, 0.717) is 0 Å². The van der Waals surface area contributed by atoms with Crippen molar-refractivity contribution >= 4 is 11.7 Å². The summed E-state index contributed by atoms with van der Waals surface area (Å²) in [5, 5.41) is 15.4. The van der Waals surface area contributed by atoms with Crippen LogP contribution in [-0.4, -0.2) is 22.3 Å². The second kappa shape index (κ2) is 4.98. The molecule has 0 aliphatic carbocycles. The Morgan fingerprint density at radius 2 is 1.61 bits per heavy atom. The highest BCUT2D eigenvalue weighted by molar-refractivity contribution is 5.89. The molecule has 1 aromatic rings. The van der Waals surface area contributed by atoms with Crippen LogP contribution in [0.15, 0.2) is 24.3 Å². The molecule has 3 N–H and O–H groups in total. The highest BCUT2D eigenvalue weighted by Gasteiger charge is 2.36. The summed E-state index contributed by atoms with van der Waals surface area (Å²) in [5.74, 6) is 0. The van der Waals surface area contributed by atoms with Crippen molar-refractivity contribution in [1.29, 1.82) is 0 Å². The number of amides is 2. The van der Waals surface area contributed by atoms with Crippen molar-refractivity contribution in [2.24, 2.45) is 0 Å². The Balaban J connectivity index is 2.65. The van der Waals surface area contributed by atoms with Gasteiger partial charge in [0, 0.05) is 5.69 Å². The molecule has 0 atom stereocenters. The second-order valence-electron chi connectivity index (χ2n) is 5.63. The Morgan fingerprint density at radius 3 is 2.06 bits per heavy atom. The molecule has 0 spiro atoms. The Bertz CT molecular complexity index is 416. The van der Waals surface area contributed by atoms with Crippen LogP contribution in [-0.2, 0) is 0 Å². The van der Waals surface area contributed by atoms with Gasteiger partial charge in [-0.15, -0.1) is 0 Å². The summed E-state index contributed by atoms with van der Waals surface area (Å²) in [5.41, 5.74) is 0.141. The van der Waals surface area contributed by atoms with Gasteiger partial charge in [-0.25, -0.2) is 4.79 Å². The molecular formula is C14H22N2O2. The maximum Gasteiger partial charge on any atom is 0.319 e. The Kier molecular flexibility index (Phi) is 4.02. The van der Waals surface area contributed by atoms with Gasteiger partial charge in [0.1, 0.15) is 0 Å². The van der Waals surface area contributed by atoms with E-state index in [9.17, 15) is 9.90 Å². The van der Waals surface area contributed by atoms with E-state index in [1.165, 1.54) is 0 Å². The summed E-state index contributed by atoms with van der Waals surface area (Å²) in [7, 11) is 0. The first kappa shape index (κ1) is 14.5. The number of carbonyl (C=O) groups is 1. The molecule has 100 valence electrons. The number of hydrogen-bond acceptors (Lipinski definition) is 2. The zero-order valence-electron chi connectivity index (χ0n) is 11.7. The van der Waals surface area contributed by atoms with Gasteiger partial charge in [-0.1, -0.05) is 17.7 Å². The summed E-state index contributed by atoms with van der Waals surface area (Å²) in [4.78, 5) is 11.8. The van der Waals surface area contributed by atoms with Crippen LogP contribution in [0.3, 0.4) is 0 Å². The van der Waals surface area contributed by atoms with Crippen molar-refractivity contribution in [1.82, 2.24) is 5.32 Å². The number of nitrogens with one attached hydrogen (secondary N) is 2. The highest BCUT2D eigenvalue weighted by atomic mass is 16.3. The van der Waals surface area contributed by atoms with Crippen LogP contribution in [0.5, 0.6) is 0 Å². The monoisotopic (exact) mass is 250 g/mol. The standard InChI is InChI=1S/C14H22N2O2/c1-10-6-8-11(9-7-10)15-12(17)16-13(2,3)14(4,5)18/h6-9,18H,1-5H3,(H2,15,16,17). The maximum atomic E-state index is 11.8. The van der Waals surface area contributed by atoms with Crippen molar-refractivity contribution in [3.63, 3.8) is 0 Å². The van der Waals surface area contributed by atoms with E-state index in [1.807, 2.05) is 31.2 Å². The summed E-state index contributed by atoms with van der Waals surface area (Å²) in [6.07, 6.45) is 0. The molecule has 0 saturated carbocycles. The number of carbonyl (C=O) groups excluding carboxylic acids is 1. The number of rotatable bonds is 3. The van der Waals surface area contributed by atoms with Crippen LogP contribution >= 0.6 is 0 Å². The summed E-state index contributed by atoms with van der Waals surface area (Å²) in [6.45, 7) is 8.88. The molecule has 1 rings (SSSR count). The molecule has 0 heterocycles.